The number of rotatable bonds is 13. The third-order valence-electron chi connectivity index (χ3n) is 5.74. The molecule has 0 fully saturated rings. The van der Waals surface area contributed by atoms with Gasteiger partial charge in [0.1, 0.15) is 24.1 Å². The van der Waals surface area contributed by atoms with E-state index in [0.29, 0.717) is 18.7 Å². The minimum Gasteiger partial charge on any atom is -0.497 e. The van der Waals surface area contributed by atoms with Crippen molar-refractivity contribution in [1.82, 2.24) is 10.2 Å². The van der Waals surface area contributed by atoms with E-state index in [2.05, 4.69) is 5.32 Å². The number of anilines is 1. The lowest BCUT2D eigenvalue weighted by molar-refractivity contribution is -0.140. The Balaban J connectivity index is 2.50. The summed E-state index contributed by atoms with van der Waals surface area (Å²) in [6.07, 6.45) is 2.15. The number of nitrogens with one attached hydrogen (secondary N) is 1. The highest BCUT2D eigenvalue weighted by Gasteiger charge is 2.32. The summed E-state index contributed by atoms with van der Waals surface area (Å²) in [4.78, 5) is 28.2. The molecule has 0 heterocycles. The van der Waals surface area contributed by atoms with Crippen LogP contribution in [0.3, 0.4) is 0 Å². The van der Waals surface area contributed by atoms with Gasteiger partial charge in [-0.25, -0.2) is 8.42 Å². The van der Waals surface area contributed by atoms with Gasteiger partial charge in [-0.2, -0.15) is 0 Å². The molecule has 2 aromatic rings. The number of hydrogen-bond acceptors (Lipinski definition) is 6. The average molecular weight is 520 g/mol. The van der Waals surface area contributed by atoms with Crippen LogP contribution in [0.1, 0.15) is 37.8 Å². The topological polar surface area (TPSA) is 105 Å². The molecule has 10 heteroatoms. The third-order valence-corrected chi connectivity index (χ3v) is 6.87. The van der Waals surface area contributed by atoms with Crippen LogP contribution in [-0.4, -0.2) is 64.7 Å². The van der Waals surface area contributed by atoms with E-state index in [1.807, 2.05) is 45.0 Å². The molecule has 2 amide bonds. The Morgan fingerprint density at radius 2 is 1.69 bits per heavy atom. The Labute approximate surface area is 214 Å². The first-order valence-electron chi connectivity index (χ1n) is 11.9. The van der Waals surface area contributed by atoms with E-state index in [1.54, 1.807) is 12.1 Å². The van der Waals surface area contributed by atoms with E-state index in [9.17, 15) is 18.0 Å². The third kappa shape index (κ3) is 7.61. The van der Waals surface area contributed by atoms with Crippen LogP contribution >= 0.6 is 0 Å². The van der Waals surface area contributed by atoms with E-state index in [4.69, 9.17) is 9.47 Å². The zero-order valence-corrected chi connectivity index (χ0v) is 22.7. The maximum Gasteiger partial charge on any atom is 0.244 e. The fourth-order valence-corrected chi connectivity index (χ4v) is 4.61. The highest BCUT2D eigenvalue weighted by atomic mass is 32.2. The van der Waals surface area contributed by atoms with Crippen LogP contribution in [0.15, 0.2) is 42.5 Å². The first kappa shape index (κ1) is 29.0. The number of amides is 2. The van der Waals surface area contributed by atoms with Crippen molar-refractivity contribution in [3.8, 4) is 11.5 Å². The van der Waals surface area contributed by atoms with Crippen molar-refractivity contribution in [3.05, 3.63) is 53.6 Å². The Bertz CT molecular complexity index is 1130. The fraction of sp³-hybridized carbons (Fsp3) is 0.462. The average Bonchev–Trinajstić information content (AvgIpc) is 2.85. The van der Waals surface area contributed by atoms with Crippen LogP contribution in [0.5, 0.6) is 11.5 Å². The van der Waals surface area contributed by atoms with Crippen LogP contribution in [0.2, 0.25) is 0 Å². The zero-order chi connectivity index (χ0) is 26.9. The number of hydrogen-bond donors (Lipinski definition) is 1. The first-order valence-corrected chi connectivity index (χ1v) is 13.7. The van der Waals surface area contributed by atoms with Crippen molar-refractivity contribution in [3.63, 3.8) is 0 Å². The van der Waals surface area contributed by atoms with Crippen LogP contribution in [0.4, 0.5) is 5.69 Å². The summed E-state index contributed by atoms with van der Waals surface area (Å²) in [7, 11) is -1.02. The molecule has 2 aromatic carbocycles. The smallest absolute Gasteiger partial charge is 0.244 e. The molecular weight excluding hydrogens is 482 g/mol. The summed E-state index contributed by atoms with van der Waals surface area (Å²) in [6, 6.07) is 11.6. The predicted octanol–water partition coefficient (Wildman–Crippen LogP) is 3.11. The van der Waals surface area contributed by atoms with Gasteiger partial charge >= 0.3 is 0 Å². The van der Waals surface area contributed by atoms with E-state index < -0.39 is 28.5 Å². The standard InChI is InChI=1S/C26H37N3O6S/c1-7-15-27-26(31)22(8-2)28(17-20-11-9-19(3)10-12-20)25(30)18-29(36(6,32)33)23-16-21(34-4)13-14-24(23)35-5/h9-14,16,22H,7-8,15,17-18H2,1-6H3,(H,27,31)/t22-/m0/s1. The van der Waals surface area contributed by atoms with Crippen molar-refractivity contribution in [1.29, 1.82) is 0 Å². The molecular formula is C26H37N3O6S. The Kier molecular flexibility index (Phi) is 10.6. The maximum absolute atomic E-state index is 13.7. The Morgan fingerprint density at radius 3 is 2.22 bits per heavy atom. The van der Waals surface area contributed by atoms with Gasteiger partial charge in [0, 0.05) is 19.2 Å². The van der Waals surface area contributed by atoms with E-state index >= 15 is 0 Å². The van der Waals surface area contributed by atoms with Gasteiger partial charge in [0.25, 0.3) is 0 Å². The monoisotopic (exact) mass is 519 g/mol. The second kappa shape index (κ2) is 13.2. The zero-order valence-electron chi connectivity index (χ0n) is 21.9. The summed E-state index contributed by atoms with van der Waals surface area (Å²) >= 11 is 0. The van der Waals surface area contributed by atoms with Gasteiger partial charge in [0.05, 0.1) is 26.2 Å². The molecule has 0 spiro atoms. The lowest BCUT2D eigenvalue weighted by Crippen LogP contribution is -2.52. The lowest BCUT2D eigenvalue weighted by atomic mass is 10.1. The fourth-order valence-electron chi connectivity index (χ4n) is 3.76. The number of sulfonamides is 1. The summed E-state index contributed by atoms with van der Waals surface area (Å²) in [6.45, 7) is 5.87. The summed E-state index contributed by atoms with van der Waals surface area (Å²) in [5, 5.41) is 2.86. The number of nitrogens with zero attached hydrogens (tertiary/aromatic N) is 2. The van der Waals surface area contributed by atoms with Gasteiger partial charge in [-0.05, 0) is 37.5 Å². The summed E-state index contributed by atoms with van der Waals surface area (Å²) in [5.41, 5.74) is 2.07. The van der Waals surface area contributed by atoms with Gasteiger partial charge < -0.3 is 19.7 Å². The second-order valence-corrected chi connectivity index (χ2v) is 10.4. The van der Waals surface area contributed by atoms with Gasteiger partial charge in [-0.15, -0.1) is 0 Å². The molecule has 0 aliphatic carbocycles. The molecule has 1 N–H and O–H groups in total. The van der Waals surface area contributed by atoms with Gasteiger partial charge in [0.2, 0.25) is 21.8 Å². The maximum atomic E-state index is 13.7. The normalized spacial score (nSPS) is 11.9. The van der Waals surface area contributed by atoms with E-state index in [1.165, 1.54) is 25.2 Å². The minimum absolute atomic E-state index is 0.157. The summed E-state index contributed by atoms with van der Waals surface area (Å²) < 4.78 is 37.3. The largest absolute Gasteiger partial charge is 0.497 e. The van der Waals surface area contributed by atoms with Gasteiger partial charge in [0.15, 0.2) is 0 Å². The molecule has 36 heavy (non-hydrogen) atoms. The molecule has 0 saturated carbocycles. The highest BCUT2D eigenvalue weighted by Crippen LogP contribution is 2.34. The Morgan fingerprint density at radius 1 is 1.03 bits per heavy atom. The highest BCUT2D eigenvalue weighted by molar-refractivity contribution is 7.92. The number of ether oxygens (including phenoxy) is 2. The number of carbonyl (C=O) groups excluding carboxylic acids is 2. The van der Waals surface area contributed by atoms with Crippen molar-refractivity contribution >= 4 is 27.5 Å². The Hall–Kier alpha value is -3.27. The molecule has 0 bridgehead atoms. The number of methoxy groups -OCH3 is 2. The first-order chi connectivity index (χ1) is 17.0. The molecule has 0 unspecified atom stereocenters. The number of aryl methyl sites for hydroxylation is 1. The van der Waals surface area contributed by atoms with Crippen molar-refractivity contribution in [2.75, 3.05) is 37.9 Å². The van der Waals surface area contributed by atoms with Crippen LogP contribution in [0.25, 0.3) is 0 Å². The van der Waals surface area contributed by atoms with Crippen LogP contribution in [-0.2, 0) is 26.2 Å². The van der Waals surface area contributed by atoms with Gasteiger partial charge in [-0.1, -0.05) is 43.7 Å². The summed E-state index contributed by atoms with van der Waals surface area (Å²) in [5.74, 6) is -0.102. The van der Waals surface area contributed by atoms with Crippen LogP contribution in [0, 0.1) is 6.92 Å². The molecule has 0 aliphatic heterocycles. The lowest BCUT2D eigenvalue weighted by Gasteiger charge is -2.33. The quantitative estimate of drug-likeness (QED) is 0.436. The molecule has 0 radical (unpaired) electrons. The SMILES string of the molecule is CCCNC(=O)[C@H](CC)N(Cc1ccc(C)cc1)C(=O)CN(c1cc(OC)ccc1OC)S(C)(=O)=O. The molecule has 0 aromatic heterocycles. The predicted molar refractivity (Wildman–Crippen MR) is 141 cm³/mol. The molecule has 0 saturated heterocycles. The molecule has 0 aliphatic rings. The molecule has 2 rings (SSSR count). The van der Waals surface area contributed by atoms with Crippen molar-refractivity contribution in [2.24, 2.45) is 0 Å². The molecule has 198 valence electrons. The minimum atomic E-state index is -3.90. The second-order valence-electron chi connectivity index (χ2n) is 8.53. The number of benzene rings is 2. The van der Waals surface area contributed by atoms with E-state index in [0.717, 1.165) is 28.1 Å². The van der Waals surface area contributed by atoms with E-state index in [-0.39, 0.29) is 23.9 Å². The molecule has 1 atom stereocenters. The molecule has 9 nitrogen and oxygen atoms in total. The van der Waals surface area contributed by atoms with Crippen molar-refractivity contribution < 1.29 is 27.5 Å². The number of carbonyl (C=O) groups is 2. The van der Waals surface area contributed by atoms with Gasteiger partial charge in [-0.3, -0.25) is 13.9 Å². The van der Waals surface area contributed by atoms with Crippen molar-refractivity contribution in [2.45, 2.75) is 46.2 Å². The van der Waals surface area contributed by atoms with Crippen LogP contribution < -0.4 is 19.1 Å².